The average molecular weight is 477 g/mol. The number of nitrogens with zero attached hydrogens (tertiary/aromatic N) is 1. The Balaban J connectivity index is 1.72. The van der Waals surface area contributed by atoms with E-state index < -0.39 is 17.9 Å². The van der Waals surface area contributed by atoms with Crippen LogP contribution < -0.4 is 26.3 Å². The molecule has 3 rings (SSSR count). The molecule has 3 aromatic carbocycles. The van der Waals surface area contributed by atoms with Crippen LogP contribution in [-0.2, 0) is 17.8 Å². The number of rotatable bonds is 9. The Morgan fingerprint density at radius 1 is 0.971 bits per heavy atom. The van der Waals surface area contributed by atoms with Crippen LogP contribution >= 0.6 is 0 Å². The summed E-state index contributed by atoms with van der Waals surface area (Å²) in [7, 11) is 3.17. The summed E-state index contributed by atoms with van der Waals surface area (Å²) in [4.78, 5) is 27.3. The Morgan fingerprint density at radius 2 is 1.66 bits per heavy atom. The summed E-state index contributed by atoms with van der Waals surface area (Å²) in [6.07, 6.45) is 0.161. The topological polar surface area (TPSA) is 149 Å². The van der Waals surface area contributed by atoms with Gasteiger partial charge >= 0.3 is 5.97 Å². The summed E-state index contributed by atoms with van der Waals surface area (Å²) in [6.45, 7) is 0.325. The van der Waals surface area contributed by atoms with Gasteiger partial charge in [0.15, 0.2) is 17.5 Å². The van der Waals surface area contributed by atoms with Crippen molar-refractivity contribution in [3.63, 3.8) is 0 Å². The quantitative estimate of drug-likeness (QED) is 0.272. The second kappa shape index (κ2) is 11.7. The van der Waals surface area contributed by atoms with Crippen molar-refractivity contribution in [1.82, 2.24) is 5.32 Å². The number of hydrogen-bond donors (Lipinski definition) is 4. The van der Waals surface area contributed by atoms with Gasteiger partial charge in [0.2, 0.25) is 0 Å². The van der Waals surface area contributed by atoms with Gasteiger partial charge in [-0.15, -0.1) is 0 Å². The molecule has 0 aliphatic carbocycles. The maximum Gasteiger partial charge on any atom is 0.320 e. The van der Waals surface area contributed by atoms with E-state index in [4.69, 9.17) is 26.0 Å². The molecule has 35 heavy (non-hydrogen) atoms. The number of carbonyl (C=O) groups excluding carboxylic acids is 1. The number of methoxy groups -OCH3 is 2. The number of benzene rings is 3. The van der Waals surface area contributed by atoms with E-state index in [-0.39, 0.29) is 12.4 Å². The van der Waals surface area contributed by atoms with Gasteiger partial charge in [0.05, 0.1) is 14.2 Å². The van der Waals surface area contributed by atoms with Gasteiger partial charge in [-0.1, -0.05) is 48.5 Å². The number of nitrogens with two attached hydrogens (primary N) is 2. The molecule has 0 saturated heterocycles. The summed E-state index contributed by atoms with van der Waals surface area (Å²) < 4.78 is 11.0. The lowest BCUT2D eigenvalue weighted by Crippen LogP contribution is -2.32. The lowest BCUT2D eigenvalue weighted by Gasteiger charge is -2.16. The fourth-order valence-corrected chi connectivity index (χ4v) is 3.56. The predicted molar refractivity (Wildman–Crippen MR) is 134 cm³/mol. The van der Waals surface area contributed by atoms with Gasteiger partial charge < -0.3 is 31.4 Å². The SMILES string of the molecule is COc1cccc(-c2ccccc2CNC(N)=NC(=O)c2ccc(C[C@H](N)C(=O)O)cc2)c1OC. The molecule has 182 valence electrons. The molecular formula is C26H28N4O5. The Labute approximate surface area is 203 Å². The Hall–Kier alpha value is -4.37. The molecular weight excluding hydrogens is 448 g/mol. The van der Waals surface area contributed by atoms with E-state index in [1.54, 1.807) is 38.5 Å². The number of carboxylic acids is 1. The minimum Gasteiger partial charge on any atom is -0.493 e. The van der Waals surface area contributed by atoms with E-state index >= 15 is 0 Å². The second-order valence-corrected chi connectivity index (χ2v) is 7.70. The van der Waals surface area contributed by atoms with Crippen molar-refractivity contribution in [3.05, 3.63) is 83.4 Å². The van der Waals surface area contributed by atoms with Crippen LogP contribution in [0, 0.1) is 0 Å². The lowest BCUT2D eigenvalue weighted by atomic mass is 9.98. The summed E-state index contributed by atoms with van der Waals surface area (Å²) in [5.41, 5.74) is 15.2. The van der Waals surface area contributed by atoms with E-state index in [0.717, 1.165) is 16.7 Å². The summed E-state index contributed by atoms with van der Waals surface area (Å²) in [6, 6.07) is 18.8. The third-order valence-corrected chi connectivity index (χ3v) is 5.37. The molecule has 0 aromatic heterocycles. The maximum atomic E-state index is 12.5. The highest BCUT2D eigenvalue weighted by atomic mass is 16.5. The van der Waals surface area contributed by atoms with Crippen molar-refractivity contribution < 1.29 is 24.2 Å². The van der Waals surface area contributed by atoms with Crippen molar-refractivity contribution in [2.45, 2.75) is 19.0 Å². The molecule has 0 fully saturated rings. The van der Waals surface area contributed by atoms with Crippen molar-refractivity contribution in [1.29, 1.82) is 0 Å². The minimum absolute atomic E-state index is 0.0283. The van der Waals surface area contributed by atoms with Gasteiger partial charge in [0, 0.05) is 17.7 Å². The fourth-order valence-electron chi connectivity index (χ4n) is 3.56. The number of para-hydroxylation sites is 1. The molecule has 6 N–H and O–H groups in total. The largest absolute Gasteiger partial charge is 0.493 e. The molecule has 1 amide bonds. The Morgan fingerprint density at radius 3 is 2.31 bits per heavy atom. The number of aliphatic carboxylic acids is 1. The lowest BCUT2D eigenvalue weighted by molar-refractivity contribution is -0.138. The summed E-state index contributed by atoms with van der Waals surface area (Å²) >= 11 is 0. The van der Waals surface area contributed by atoms with Crippen molar-refractivity contribution in [3.8, 4) is 22.6 Å². The standard InChI is InChI=1S/C26H28N4O5/c1-34-22-9-5-8-20(23(22)35-2)19-7-4-3-6-18(19)15-29-26(28)30-24(31)17-12-10-16(11-13-17)14-21(27)25(32)33/h3-13,21H,14-15,27H2,1-2H3,(H,32,33)(H3,28,29,30,31)/t21-/m0/s1. The molecule has 9 nitrogen and oxygen atoms in total. The van der Waals surface area contributed by atoms with E-state index in [2.05, 4.69) is 10.3 Å². The molecule has 0 aliphatic rings. The fraction of sp³-hybridized carbons (Fsp3) is 0.192. The number of guanidine groups is 1. The molecule has 1 atom stereocenters. The van der Waals surface area contributed by atoms with Crippen LogP contribution in [0.25, 0.3) is 11.1 Å². The number of carboxylic acid groups (broad SMARTS) is 1. The highest BCUT2D eigenvalue weighted by Gasteiger charge is 2.15. The highest BCUT2D eigenvalue weighted by Crippen LogP contribution is 2.39. The van der Waals surface area contributed by atoms with Gasteiger partial charge in [-0.05, 0) is 41.3 Å². The number of amides is 1. The van der Waals surface area contributed by atoms with Gasteiger partial charge in [0.25, 0.3) is 5.91 Å². The van der Waals surface area contributed by atoms with Crippen LogP contribution in [0.2, 0.25) is 0 Å². The van der Waals surface area contributed by atoms with Crippen molar-refractivity contribution >= 4 is 17.8 Å². The van der Waals surface area contributed by atoms with Gasteiger partial charge in [0.1, 0.15) is 6.04 Å². The van der Waals surface area contributed by atoms with E-state index in [1.165, 1.54) is 0 Å². The monoisotopic (exact) mass is 476 g/mol. The van der Waals surface area contributed by atoms with Crippen LogP contribution in [0.5, 0.6) is 11.5 Å². The molecule has 0 radical (unpaired) electrons. The molecule has 0 bridgehead atoms. The Kier molecular flexibility index (Phi) is 8.42. The normalized spacial score (nSPS) is 12.0. The first-order chi connectivity index (χ1) is 16.8. The van der Waals surface area contributed by atoms with Crippen molar-refractivity contribution in [2.75, 3.05) is 14.2 Å². The zero-order chi connectivity index (χ0) is 25.4. The number of nitrogens with one attached hydrogen (secondary N) is 1. The first-order valence-electron chi connectivity index (χ1n) is 10.8. The van der Waals surface area contributed by atoms with Gasteiger partial charge in [-0.25, -0.2) is 0 Å². The molecule has 0 heterocycles. The van der Waals surface area contributed by atoms with Crippen LogP contribution in [0.15, 0.2) is 71.7 Å². The van der Waals surface area contributed by atoms with E-state index in [9.17, 15) is 9.59 Å². The molecule has 0 unspecified atom stereocenters. The summed E-state index contributed by atoms with van der Waals surface area (Å²) in [5, 5.41) is 11.9. The smallest absolute Gasteiger partial charge is 0.320 e. The van der Waals surface area contributed by atoms with Crippen LogP contribution in [0.1, 0.15) is 21.5 Å². The van der Waals surface area contributed by atoms with E-state index in [1.807, 2.05) is 42.5 Å². The van der Waals surface area contributed by atoms with Crippen LogP contribution in [-0.4, -0.2) is 43.2 Å². The molecule has 0 spiro atoms. The zero-order valence-corrected chi connectivity index (χ0v) is 19.5. The highest BCUT2D eigenvalue weighted by molar-refractivity contribution is 6.02. The van der Waals surface area contributed by atoms with Crippen LogP contribution in [0.4, 0.5) is 0 Å². The zero-order valence-electron chi connectivity index (χ0n) is 19.5. The first-order valence-corrected chi connectivity index (χ1v) is 10.8. The predicted octanol–water partition coefficient (Wildman–Crippen LogP) is 2.57. The minimum atomic E-state index is -1.08. The van der Waals surface area contributed by atoms with Crippen LogP contribution in [0.3, 0.4) is 0 Å². The average Bonchev–Trinajstić information content (AvgIpc) is 2.87. The third-order valence-electron chi connectivity index (χ3n) is 5.37. The number of hydrogen-bond acceptors (Lipinski definition) is 5. The third kappa shape index (κ3) is 6.36. The maximum absolute atomic E-state index is 12.5. The Bertz CT molecular complexity index is 1220. The second-order valence-electron chi connectivity index (χ2n) is 7.70. The summed E-state index contributed by atoms with van der Waals surface area (Å²) in [5.74, 6) is -0.395. The number of aliphatic imine (C=N–C) groups is 1. The molecule has 0 aliphatic heterocycles. The van der Waals surface area contributed by atoms with Gasteiger partial charge in [-0.3, -0.25) is 9.59 Å². The number of ether oxygens (including phenoxy) is 2. The van der Waals surface area contributed by atoms with Crippen molar-refractivity contribution in [2.24, 2.45) is 16.5 Å². The molecule has 0 saturated carbocycles. The first kappa shape index (κ1) is 25.3. The van der Waals surface area contributed by atoms with E-state index in [0.29, 0.717) is 29.2 Å². The number of carbonyl (C=O) groups is 2. The van der Waals surface area contributed by atoms with Gasteiger partial charge in [-0.2, -0.15) is 4.99 Å². The molecule has 3 aromatic rings. The molecule has 9 heteroatoms.